The Balaban J connectivity index is 2.20. The van der Waals surface area contributed by atoms with Crippen molar-refractivity contribution >= 4 is 0 Å². The largest absolute Gasteiger partial charge is 0.319 e. The highest BCUT2D eigenvalue weighted by Crippen LogP contribution is 2.44. The molecule has 0 aromatic rings. The SMILES string of the molecule is CNCC1(CF)CC1. The lowest BCUT2D eigenvalue weighted by molar-refractivity contribution is 0.334. The molecule has 1 rings (SSSR count). The molecule has 1 aliphatic carbocycles. The lowest BCUT2D eigenvalue weighted by Gasteiger charge is -2.06. The molecule has 0 aliphatic heterocycles. The van der Waals surface area contributed by atoms with Gasteiger partial charge in [-0.2, -0.15) is 0 Å². The molecule has 0 atom stereocenters. The van der Waals surface area contributed by atoms with Gasteiger partial charge in [0.25, 0.3) is 0 Å². The Labute approximate surface area is 49.3 Å². The van der Waals surface area contributed by atoms with E-state index >= 15 is 0 Å². The predicted molar refractivity (Wildman–Crippen MR) is 31.6 cm³/mol. The minimum absolute atomic E-state index is 0.0642. The van der Waals surface area contributed by atoms with E-state index in [-0.39, 0.29) is 12.1 Å². The summed E-state index contributed by atoms with van der Waals surface area (Å²) in [6.07, 6.45) is 2.15. The zero-order valence-electron chi connectivity index (χ0n) is 5.21. The van der Waals surface area contributed by atoms with Crippen molar-refractivity contribution in [1.29, 1.82) is 0 Å². The van der Waals surface area contributed by atoms with E-state index in [1.165, 1.54) is 0 Å². The van der Waals surface area contributed by atoms with E-state index < -0.39 is 0 Å². The van der Waals surface area contributed by atoms with Crippen molar-refractivity contribution in [2.75, 3.05) is 20.3 Å². The minimum Gasteiger partial charge on any atom is -0.319 e. The first-order chi connectivity index (χ1) is 3.83. The predicted octanol–water partition coefficient (Wildman–Crippen LogP) is 0.956. The summed E-state index contributed by atoms with van der Waals surface area (Å²) >= 11 is 0. The van der Waals surface area contributed by atoms with Gasteiger partial charge in [-0.25, -0.2) is 0 Å². The molecule has 1 saturated carbocycles. The number of alkyl halides is 1. The van der Waals surface area contributed by atoms with E-state index in [1.807, 2.05) is 7.05 Å². The summed E-state index contributed by atoms with van der Waals surface area (Å²) in [5, 5.41) is 2.98. The smallest absolute Gasteiger partial charge is 0.0962 e. The van der Waals surface area contributed by atoms with Crippen LogP contribution in [-0.2, 0) is 0 Å². The first-order valence-corrected chi connectivity index (χ1v) is 3.04. The zero-order chi connectivity index (χ0) is 6.04. The second-order valence-electron chi connectivity index (χ2n) is 2.66. The summed E-state index contributed by atoms with van der Waals surface area (Å²) in [4.78, 5) is 0. The van der Waals surface area contributed by atoms with Gasteiger partial charge in [0, 0.05) is 12.0 Å². The van der Waals surface area contributed by atoms with Gasteiger partial charge in [-0.05, 0) is 19.9 Å². The first kappa shape index (κ1) is 6.02. The fourth-order valence-electron chi connectivity index (χ4n) is 0.909. The van der Waals surface area contributed by atoms with Crippen molar-refractivity contribution in [2.45, 2.75) is 12.8 Å². The molecule has 0 saturated heterocycles. The highest BCUT2D eigenvalue weighted by Gasteiger charge is 2.41. The maximum atomic E-state index is 12.0. The Morgan fingerprint density at radius 2 is 2.25 bits per heavy atom. The van der Waals surface area contributed by atoms with Gasteiger partial charge in [0.1, 0.15) is 0 Å². The number of hydrogen-bond donors (Lipinski definition) is 1. The molecule has 1 aliphatic rings. The summed E-state index contributed by atoms with van der Waals surface area (Å²) in [5.41, 5.74) is 0.0642. The molecule has 1 N–H and O–H groups in total. The number of nitrogens with one attached hydrogen (secondary N) is 1. The molecule has 0 bridgehead atoms. The third-order valence-electron chi connectivity index (χ3n) is 1.79. The van der Waals surface area contributed by atoms with Crippen LogP contribution >= 0.6 is 0 Å². The lowest BCUT2D eigenvalue weighted by atomic mass is 10.1. The Hall–Kier alpha value is -0.110. The second-order valence-corrected chi connectivity index (χ2v) is 2.66. The Kier molecular flexibility index (Phi) is 1.52. The summed E-state index contributed by atoms with van der Waals surface area (Å²) in [7, 11) is 1.87. The van der Waals surface area contributed by atoms with Crippen LogP contribution in [0.3, 0.4) is 0 Å². The number of hydrogen-bond acceptors (Lipinski definition) is 1. The third kappa shape index (κ3) is 0.996. The van der Waals surface area contributed by atoms with Crippen molar-refractivity contribution < 1.29 is 4.39 Å². The van der Waals surface area contributed by atoms with E-state index in [1.54, 1.807) is 0 Å². The van der Waals surface area contributed by atoms with Crippen LogP contribution in [0.25, 0.3) is 0 Å². The molecule has 0 aromatic carbocycles. The lowest BCUT2D eigenvalue weighted by Crippen LogP contribution is -2.21. The van der Waals surface area contributed by atoms with Crippen LogP contribution < -0.4 is 5.32 Å². The van der Waals surface area contributed by atoms with Crippen LogP contribution in [-0.4, -0.2) is 20.3 Å². The van der Waals surface area contributed by atoms with Crippen molar-refractivity contribution in [2.24, 2.45) is 5.41 Å². The van der Waals surface area contributed by atoms with Crippen LogP contribution in [0.2, 0.25) is 0 Å². The monoisotopic (exact) mass is 117 g/mol. The Morgan fingerprint density at radius 1 is 1.62 bits per heavy atom. The quantitative estimate of drug-likeness (QED) is 0.580. The van der Waals surface area contributed by atoms with Crippen molar-refractivity contribution in [3.63, 3.8) is 0 Å². The standard InChI is InChI=1S/C6H12FN/c1-8-5-6(4-7)2-3-6/h8H,2-5H2,1H3. The maximum absolute atomic E-state index is 12.0. The highest BCUT2D eigenvalue weighted by atomic mass is 19.1. The van der Waals surface area contributed by atoms with Crippen molar-refractivity contribution in [3.05, 3.63) is 0 Å². The van der Waals surface area contributed by atoms with Gasteiger partial charge in [0.05, 0.1) is 6.67 Å². The summed E-state index contributed by atoms with van der Waals surface area (Å²) in [6.45, 7) is 0.706. The van der Waals surface area contributed by atoms with Crippen molar-refractivity contribution in [3.8, 4) is 0 Å². The average Bonchev–Trinajstić information content (AvgIpc) is 2.50. The molecule has 48 valence electrons. The fourth-order valence-corrected chi connectivity index (χ4v) is 0.909. The zero-order valence-corrected chi connectivity index (χ0v) is 5.21. The molecule has 1 nitrogen and oxygen atoms in total. The fraction of sp³-hybridized carbons (Fsp3) is 1.00. The molecule has 0 heterocycles. The van der Waals surface area contributed by atoms with Gasteiger partial charge in [-0.15, -0.1) is 0 Å². The molecular weight excluding hydrogens is 105 g/mol. The van der Waals surface area contributed by atoms with Gasteiger partial charge in [-0.1, -0.05) is 0 Å². The molecule has 0 unspecified atom stereocenters. The van der Waals surface area contributed by atoms with E-state index in [4.69, 9.17) is 0 Å². The molecule has 0 aromatic heterocycles. The second kappa shape index (κ2) is 2.02. The first-order valence-electron chi connectivity index (χ1n) is 3.04. The normalized spacial score (nSPS) is 23.2. The van der Waals surface area contributed by atoms with Crippen LogP contribution in [0.4, 0.5) is 4.39 Å². The molecule has 8 heavy (non-hydrogen) atoms. The topological polar surface area (TPSA) is 12.0 Å². The van der Waals surface area contributed by atoms with Gasteiger partial charge in [0.2, 0.25) is 0 Å². The van der Waals surface area contributed by atoms with Crippen LogP contribution in [0.15, 0.2) is 0 Å². The van der Waals surface area contributed by atoms with Gasteiger partial charge < -0.3 is 5.32 Å². The minimum atomic E-state index is -0.145. The summed E-state index contributed by atoms with van der Waals surface area (Å²) < 4.78 is 12.0. The average molecular weight is 117 g/mol. The maximum Gasteiger partial charge on any atom is 0.0962 e. The number of halogens is 1. The summed E-state index contributed by atoms with van der Waals surface area (Å²) in [6, 6.07) is 0. The van der Waals surface area contributed by atoms with Gasteiger partial charge in [0.15, 0.2) is 0 Å². The molecular formula is C6H12FN. The van der Waals surface area contributed by atoms with Gasteiger partial charge in [-0.3, -0.25) is 4.39 Å². The molecule has 0 spiro atoms. The summed E-state index contributed by atoms with van der Waals surface area (Å²) in [5.74, 6) is 0. The molecule has 0 amide bonds. The third-order valence-corrected chi connectivity index (χ3v) is 1.79. The van der Waals surface area contributed by atoms with Crippen LogP contribution in [0, 0.1) is 5.41 Å². The van der Waals surface area contributed by atoms with E-state index in [9.17, 15) is 4.39 Å². The molecule has 0 radical (unpaired) electrons. The number of rotatable bonds is 3. The Morgan fingerprint density at radius 3 is 2.38 bits per heavy atom. The van der Waals surface area contributed by atoms with Crippen LogP contribution in [0.5, 0.6) is 0 Å². The van der Waals surface area contributed by atoms with Crippen LogP contribution in [0.1, 0.15) is 12.8 Å². The van der Waals surface area contributed by atoms with E-state index in [0.29, 0.717) is 0 Å². The molecule has 2 heteroatoms. The van der Waals surface area contributed by atoms with Crippen molar-refractivity contribution in [1.82, 2.24) is 5.32 Å². The van der Waals surface area contributed by atoms with E-state index in [0.717, 1.165) is 19.4 Å². The van der Waals surface area contributed by atoms with E-state index in [2.05, 4.69) is 5.32 Å². The Bertz CT molecular complexity index is 78.6. The van der Waals surface area contributed by atoms with Gasteiger partial charge >= 0.3 is 0 Å². The molecule has 1 fully saturated rings. The highest BCUT2D eigenvalue weighted by molar-refractivity contribution is 4.93.